The van der Waals surface area contributed by atoms with Gasteiger partial charge < -0.3 is 25.2 Å². The largest absolute Gasteiger partial charge is 0.491 e. The molecule has 7 nitrogen and oxygen atoms in total. The molecule has 0 bridgehead atoms. The number of aryl methyl sites for hydroxylation is 1. The number of aliphatic hydroxyl groups is 1. The molecule has 1 aliphatic rings. The van der Waals surface area contributed by atoms with Crippen molar-refractivity contribution in [2.75, 3.05) is 38.7 Å². The van der Waals surface area contributed by atoms with E-state index in [0.29, 0.717) is 24.7 Å². The van der Waals surface area contributed by atoms with Crippen LogP contribution in [0.4, 0.5) is 5.82 Å². The third kappa shape index (κ3) is 6.89. The number of unbranched alkanes of at least 4 members (excludes halogenated alkanes) is 2. The monoisotopic (exact) mass is 428 g/mol. The Balaban J connectivity index is 1.84. The molecule has 7 heteroatoms. The van der Waals surface area contributed by atoms with E-state index in [-0.39, 0.29) is 12.6 Å². The summed E-state index contributed by atoms with van der Waals surface area (Å²) in [6, 6.07) is 8.05. The van der Waals surface area contributed by atoms with Crippen molar-refractivity contribution in [2.24, 2.45) is 0 Å². The molecule has 2 heterocycles. The van der Waals surface area contributed by atoms with Gasteiger partial charge in [0.05, 0.1) is 12.6 Å². The molecule has 0 radical (unpaired) electrons. The average molecular weight is 429 g/mol. The third-order valence-electron chi connectivity index (χ3n) is 5.51. The highest BCUT2D eigenvalue weighted by atomic mass is 16.5. The molecule has 1 aromatic carbocycles. The maximum Gasteiger partial charge on any atom is 0.161 e. The minimum absolute atomic E-state index is 0.232. The molecule has 1 fully saturated rings. The van der Waals surface area contributed by atoms with Crippen molar-refractivity contribution in [3.63, 3.8) is 0 Å². The zero-order valence-electron chi connectivity index (χ0n) is 19.0. The van der Waals surface area contributed by atoms with Crippen LogP contribution in [0.2, 0.25) is 0 Å². The van der Waals surface area contributed by atoms with Crippen molar-refractivity contribution in [3.05, 3.63) is 35.5 Å². The lowest BCUT2D eigenvalue weighted by Gasteiger charge is -2.18. The molecule has 1 aromatic heterocycles. The standard InChI is InChI=1S/C24H36N4O3/c1-4-5-6-10-22-17(2)23(26-19-11-12-30-15-19)28-24(27-22)18-8-7-9-21(13-18)31-16-20(29)14-25-3/h7-9,13,19-20,25,29H,4-6,10-12,14-16H2,1-3H3,(H,26,27,28)/t19-,20?/m1/s1. The van der Waals surface area contributed by atoms with Crippen molar-refractivity contribution < 1.29 is 14.6 Å². The first kappa shape index (κ1) is 23.4. The van der Waals surface area contributed by atoms with Gasteiger partial charge in [0.15, 0.2) is 5.82 Å². The number of anilines is 1. The van der Waals surface area contributed by atoms with Gasteiger partial charge in [0.2, 0.25) is 0 Å². The Bertz CT molecular complexity index is 824. The minimum atomic E-state index is -0.557. The van der Waals surface area contributed by atoms with Crippen LogP contribution in [-0.2, 0) is 11.2 Å². The van der Waals surface area contributed by atoms with E-state index in [1.807, 2.05) is 24.3 Å². The predicted molar refractivity (Wildman–Crippen MR) is 124 cm³/mol. The molecule has 3 N–H and O–H groups in total. The summed E-state index contributed by atoms with van der Waals surface area (Å²) in [5, 5.41) is 16.4. The normalized spacial score (nSPS) is 17.0. The van der Waals surface area contributed by atoms with E-state index < -0.39 is 6.10 Å². The SMILES string of the molecule is CCCCCc1nc(-c2cccc(OCC(O)CNC)c2)nc(N[C@@H]2CCOC2)c1C. The summed E-state index contributed by atoms with van der Waals surface area (Å²) in [7, 11) is 1.81. The molecule has 2 aromatic rings. The first-order valence-corrected chi connectivity index (χ1v) is 11.4. The highest BCUT2D eigenvalue weighted by molar-refractivity contribution is 5.61. The van der Waals surface area contributed by atoms with Crippen LogP contribution in [0.15, 0.2) is 24.3 Å². The molecule has 1 saturated heterocycles. The zero-order chi connectivity index (χ0) is 22.1. The van der Waals surface area contributed by atoms with Gasteiger partial charge in [-0.05, 0) is 45.4 Å². The lowest BCUT2D eigenvalue weighted by atomic mass is 10.1. The fourth-order valence-corrected chi connectivity index (χ4v) is 3.67. The minimum Gasteiger partial charge on any atom is -0.491 e. The topological polar surface area (TPSA) is 88.5 Å². The second kappa shape index (κ2) is 12.0. The van der Waals surface area contributed by atoms with Crippen LogP contribution in [0.1, 0.15) is 43.9 Å². The van der Waals surface area contributed by atoms with Gasteiger partial charge in [-0.25, -0.2) is 9.97 Å². The highest BCUT2D eigenvalue weighted by Gasteiger charge is 2.19. The summed E-state index contributed by atoms with van der Waals surface area (Å²) in [4.78, 5) is 9.79. The summed E-state index contributed by atoms with van der Waals surface area (Å²) in [6.07, 6.45) is 4.86. The fourth-order valence-electron chi connectivity index (χ4n) is 3.67. The molecular weight excluding hydrogens is 392 g/mol. The average Bonchev–Trinajstić information content (AvgIpc) is 3.28. The molecule has 1 aliphatic heterocycles. The summed E-state index contributed by atoms with van der Waals surface area (Å²) < 4.78 is 11.3. The van der Waals surface area contributed by atoms with Crippen LogP contribution in [0.5, 0.6) is 5.75 Å². The summed E-state index contributed by atoms with van der Waals surface area (Å²) in [5.74, 6) is 2.28. The van der Waals surface area contributed by atoms with E-state index in [0.717, 1.165) is 48.5 Å². The molecule has 1 unspecified atom stereocenters. The molecule has 0 spiro atoms. The van der Waals surface area contributed by atoms with Crippen molar-refractivity contribution in [2.45, 2.75) is 58.1 Å². The van der Waals surface area contributed by atoms with Crippen LogP contribution >= 0.6 is 0 Å². The molecular formula is C24H36N4O3. The Hall–Kier alpha value is -2.22. The Morgan fingerprint density at radius 1 is 1.29 bits per heavy atom. The number of hydrogen-bond acceptors (Lipinski definition) is 7. The van der Waals surface area contributed by atoms with E-state index >= 15 is 0 Å². The number of likely N-dealkylation sites (N-methyl/N-ethyl adjacent to an activating group) is 1. The number of rotatable bonds is 12. The summed E-state index contributed by atoms with van der Waals surface area (Å²) in [6.45, 7) is 6.53. The molecule has 0 amide bonds. The molecule has 0 aliphatic carbocycles. The number of aliphatic hydroxyl groups excluding tert-OH is 1. The van der Waals surface area contributed by atoms with Gasteiger partial charge in [0, 0.05) is 30.0 Å². The molecule has 170 valence electrons. The number of nitrogens with one attached hydrogen (secondary N) is 2. The van der Waals surface area contributed by atoms with E-state index in [4.69, 9.17) is 19.4 Å². The van der Waals surface area contributed by atoms with E-state index in [9.17, 15) is 5.11 Å². The second-order valence-electron chi connectivity index (χ2n) is 8.18. The van der Waals surface area contributed by atoms with Gasteiger partial charge in [-0.2, -0.15) is 0 Å². The van der Waals surface area contributed by atoms with Gasteiger partial charge in [-0.15, -0.1) is 0 Å². The Morgan fingerprint density at radius 2 is 2.16 bits per heavy atom. The summed E-state index contributed by atoms with van der Waals surface area (Å²) >= 11 is 0. The van der Waals surface area contributed by atoms with Crippen molar-refractivity contribution in [1.29, 1.82) is 0 Å². The van der Waals surface area contributed by atoms with Crippen molar-refractivity contribution in [1.82, 2.24) is 15.3 Å². The van der Waals surface area contributed by atoms with Crippen molar-refractivity contribution >= 4 is 5.82 Å². The number of ether oxygens (including phenoxy) is 2. The van der Waals surface area contributed by atoms with Gasteiger partial charge in [0.1, 0.15) is 24.3 Å². The highest BCUT2D eigenvalue weighted by Crippen LogP contribution is 2.27. The number of aromatic nitrogens is 2. The molecule has 31 heavy (non-hydrogen) atoms. The zero-order valence-corrected chi connectivity index (χ0v) is 19.0. The van der Waals surface area contributed by atoms with Gasteiger partial charge in [-0.1, -0.05) is 31.9 Å². The van der Waals surface area contributed by atoms with E-state index in [1.165, 1.54) is 12.8 Å². The van der Waals surface area contributed by atoms with Crippen LogP contribution in [0, 0.1) is 6.92 Å². The van der Waals surface area contributed by atoms with Gasteiger partial charge >= 0.3 is 0 Å². The van der Waals surface area contributed by atoms with E-state index in [1.54, 1.807) is 7.05 Å². The lowest BCUT2D eigenvalue weighted by Crippen LogP contribution is -2.29. The molecule has 2 atom stereocenters. The number of benzene rings is 1. The smallest absolute Gasteiger partial charge is 0.161 e. The van der Waals surface area contributed by atoms with Gasteiger partial charge in [0.25, 0.3) is 0 Å². The van der Waals surface area contributed by atoms with Crippen LogP contribution in [0.25, 0.3) is 11.4 Å². The Morgan fingerprint density at radius 3 is 2.90 bits per heavy atom. The maximum atomic E-state index is 9.91. The van der Waals surface area contributed by atoms with Crippen molar-refractivity contribution in [3.8, 4) is 17.1 Å². The maximum absolute atomic E-state index is 9.91. The Labute approximate surface area is 185 Å². The van der Waals surface area contributed by atoms with Crippen LogP contribution in [-0.4, -0.2) is 60.6 Å². The molecule has 3 rings (SSSR count). The predicted octanol–water partition coefficient (Wildman–Crippen LogP) is 3.34. The van der Waals surface area contributed by atoms with E-state index in [2.05, 4.69) is 24.5 Å². The number of nitrogens with zero attached hydrogens (tertiary/aromatic N) is 2. The summed E-state index contributed by atoms with van der Waals surface area (Å²) in [5.41, 5.74) is 3.12. The Kier molecular flexibility index (Phi) is 9.06. The quantitative estimate of drug-likeness (QED) is 0.447. The van der Waals surface area contributed by atoms with Crippen LogP contribution in [0.3, 0.4) is 0 Å². The lowest BCUT2D eigenvalue weighted by molar-refractivity contribution is 0.108. The van der Waals surface area contributed by atoms with Crippen LogP contribution < -0.4 is 15.4 Å². The number of hydrogen-bond donors (Lipinski definition) is 3. The second-order valence-corrected chi connectivity index (χ2v) is 8.18. The fraction of sp³-hybridized carbons (Fsp3) is 0.583. The van der Waals surface area contributed by atoms with Gasteiger partial charge in [-0.3, -0.25) is 0 Å². The molecule has 0 saturated carbocycles. The third-order valence-corrected chi connectivity index (χ3v) is 5.51. The first-order chi connectivity index (χ1) is 15.1. The first-order valence-electron chi connectivity index (χ1n) is 11.4.